The van der Waals surface area contributed by atoms with E-state index in [1.807, 2.05) is 65.1 Å². The van der Waals surface area contributed by atoms with Crippen LogP contribution in [0.15, 0.2) is 65.7 Å². The maximum absolute atomic E-state index is 10.6. The third-order valence-electron chi connectivity index (χ3n) is 3.56. The lowest BCUT2D eigenvalue weighted by atomic mass is 10.2. The predicted molar refractivity (Wildman–Crippen MR) is 167 cm³/mol. The first-order valence-electron chi connectivity index (χ1n) is 12.7. The summed E-state index contributed by atoms with van der Waals surface area (Å²) in [7, 11) is 7.57. The number of nitrogens with one attached hydrogen (secondary N) is 2. The Hall–Kier alpha value is -3.31. The zero-order valence-corrected chi connectivity index (χ0v) is 25.7. The van der Waals surface area contributed by atoms with Gasteiger partial charge in [0.25, 0.3) is 5.91 Å². The molecule has 0 heterocycles. The minimum atomic E-state index is -0.597. The van der Waals surface area contributed by atoms with Crippen LogP contribution in [0, 0.1) is 19.3 Å². The molecule has 0 aliphatic rings. The van der Waals surface area contributed by atoms with Crippen molar-refractivity contribution < 1.29 is 14.8 Å². The molecule has 38 heavy (non-hydrogen) atoms. The van der Waals surface area contributed by atoms with Gasteiger partial charge in [-0.05, 0) is 67.4 Å². The normalized spacial score (nSPS) is 9.74. The fraction of sp³-hybridized carbons (Fsp3) is 0.452. The van der Waals surface area contributed by atoms with E-state index in [9.17, 15) is 9.59 Å². The summed E-state index contributed by atoms with van der Waals surface area (Å²) < 4.78 is 0. The molecule has 1 aromatic rings. The van der Waals surface area contributed by atoms with Crippen molar-refractivity contribution in [1.82, 2.24) is 15.7 Å². The van der Waals surface area contributed by atoms with E-state index in [4.69, 9.17) is 5.21 Å². The zero-order valence-electron chi connectivity index (χ0n) is 25.7. The number of aryl methyl sites for hydroxylation is 1. The van der Waals surface area contributed by atoms with Crippen LogP contribution in [0.25, 0.3) is 0 Å². The van der Waals surface area contributed by atoms with Crippen molar-refractivity contribution in [3.05, 3.63) is 71.8 Å². The molecule has 0 aliphatic heterocycles. The molecule has 7 heteroatoms. The molecular formula is C31H54N4O3. The number of carbonyl (C=O) groups is 2. The fourth-order valence-corrected chi connectivity index (χ4v) is 1.87. The maximum Gasteiger partial charge on any atom is 0.292 e. The van der Waals surface area contributed by atoms with Gasteiger partial charge in [0.15, 0.2) is 0 Å². The number of allylic oxidation sites excluding steroid dienone is 5. The lowest BCUT2D eigenvalue weighted by Crippen LogP contribution is -2.26. The topological polar surface area (TPSA) is 94.0 Å². The SMILES string of the molecule is C#CC.C/C=C\C(=NC)C(=O)NO.C/C=C\C=C/CC.CC.CNCCN(C)C.Cc1cccc(C=O)c1. The minimum Gasteiger partial charge on any atom is -0.318 e. The second kappa shape index (κ2) is 40.8. The van der Waals surface area contributed by atoms with Crippen LogP contribution in [0.5, 0.6) is 0 Å². The van der Waals surface area contributed by atoms with Crippen LogP contribution in [0.1, 0.15) is 63.9 Å². The molecule has 0 radical (unpaired) electrons. The Labute approximate surface area is 233 Å². The van der Waals surface area contributed by atoms with Gasteiger partial charge in [0.05, 0.1) is 0 Å². The molecule has 216 valence electrons. The Morgan fingerprint density at radius 3 is 2.05 bits per heavy atom. The third kappa shape index (κ3) is 42.8. The highest BCUT2D eigenvalue weighted by Crippen LogP contribution is 1.99. The number of hydrogen-bond acceptors (Lipinski definition) is 6. The van der Waals surface area contributed by atoms with E-state index in [0.29, 0.717) is 0 Å². The van der Waals surface area contributed by atoms with E-state index in [2.05, 4.69) is 60.7 Å². The number of hydrogen-bond donors (Lipinski definition) is 3. The third-order valence-corrected chi connectivity index (χ3v) is 3.56. The van der Waals surface area contributed by atoms with Gasteiger partial charge in [0.1, 0.15) is 12.0 Å². The molecule has 1 rings (SSSR count). The van der Waals surface area contributed by atoms with Crippen LogP contribution < -0.4 is 10.8 Å². The molecule has 0 atom stereocenters. The number of nitrogens with zero attached hydrogens (tertiary/aromatic N) is 2. The van der Waals surface area contributed by atoms with Crippen LogP contribution in [-0.4, -0.2) is 69.3 Å². The van der Waals surface area contributed by atoms with Crippen LogP contribution in [0.3, 0.4) is 0 Å². The van der Waals surface area contributed by atoms with E-state index in [1.165, 1.54) is 18.6 Å². The summed E-state index contributed by atoms with van der Waals surface area (Å²) in [5.41, 5.74) is 3.55. The van der Waals surface area contributed by atoms with Gasteiger partial charge in [0.2, 0.25) is 0 Å². The second-order valence-corrected chi connectivity index (χ2v) is 7.14. The summed E-state index contributed by atoms with van der Waals surface area (Å²) in [6.07, 6.45) is 18.0. The Kier molecular flexibility index (Phi) is 48.0. The van der Waals surface area contributed by atoms with Crippen molar-refractivity contribution in [3.8, 4) is 12.3 Å². The highest BCUT2D eigenvalue weighted by atomic mass is 16.5. The van der Waals surface area contributed by atoms with Gasteiger partial charge in [0, 0.05) is 25.7 Å². The largest absolute Gasteiger partial charge is 0.318 e. The van der Waals surface area contributed by atoms with Crippen LogP contribution in [-0.2, 0) is 4.79 Å². The van der Waals surface area contributed by atoms with Crippen molar-refractivity contribution >= 4 is 17.9 Å². The Balaban J connectivity index is -0.000000121. The number of benzene rings is 1. The fourth-order valence-electron chi connectivity index (χ4n) is 1.87. The molecule has 0 saturated heterocycles. The van der Waals surface area contributed by atoms with Crippen molar-refractivity contribution in [2.24, 2.45) is 4.99 Å². The highest BCUT2D eigenvalue weighted by molar-refractivity contribution is 6.43. The first kappa shape index (κ1) is 44.7. The molecule has 0 aromatic heterocycles. The number of rotatable bonds is 8. The molecule has 0 fully saturated rings. The van der Waals surface area contributed by atoms with Gasteiger partial charge < -0.3 is 10.2 Å². The number of aliphatic imine (C=N–C) groups is 1. The van der Waals surface area contributed by atoms with Crippen molar-refractivity contribution in [3.63, 3.8) is 0 Å². The number of carbonyl (C=O) groups excluding carboxylic acids is 2. The summed E-state index contributed by atoms with van der Waals surface area (Å²) in [6.45, 7) is 15.7. The molecular weight excluding hydrogens is 476 g/mol. The van der Waals surface area contributed by atoms with E-state index >= 15 is 0 Å². The van der Waals surface area contributed by atoms with Crippen LogP contribution in [0.2, 0.25) is 0 Å². The minimum absolute atomic E-state index is 0.199. The first-order chi connectivity index (χ1) is 18.2. The van der Waals surface area contributed by atoms with Gasteiger partial charge in [-0.1, -0.05) is 74.9 Å². The lowest BCUT2D eigenvalue weighted by molar-refractivity contribution is -0.122. The van der Waals surface area contributed by atoms with E-state index in [1.54, 1.807) is 26.0 Å². The van der Waals surface area contributed by atoms with Gasteiger partial charge in [-0.3, -0.25) is 19.8 Å². The lowest BCUT2D eigenvalue weighted by Gasteiger charge is -2.06. The molecule has 1 aromatic carbocycles. The summed E-state index contributed by atoms with van der Waals surface area (Å²) in [5, 5.41) is 11.2. The van der Waals surface area contributed by atoms with Crippen LogP contribution >= 0.6 is 0 Å². The number of hydroxylamine groups is 1. The Morgan fingerprint density at radius 2 is 1.76 bits per heavy atom. The highest BCUT2D eigenvalue weighted by Gasteiger charge is 2.02. The van der Waals surface area contributed by atoms with Gasteiger partial charge in [-0.2, -0.15) is 0 Å². The van der Waals surface area contributed by atoms with Crippen molar-refractivity contribution in [2.45, 2.75) is 54.9 Å². The Morgan fingerprint density at radius 1 is 1.18 bits per heavy atom. The molecule has 7 nitrogen and oxygen atoms in total. The van der Waals surface area contributed by atoms with E-state index < -0.39 is 5.91 Å². The number of terminal acetylenes is 1. The van der Waals surface area contributed by atoms with Crippen molar-refractivity contribution in [2.75, 3.05) is 41.3 Å². The summed E-state index contributed by atoms with van der Waals surface area (Å²) in [6, 6.07) is 7.49. The van der Waals surface area contributed by atoms with Crippen molar-refractivity contribution in [1.29, 1.82) is 0 Å². The van der Waals surface area contributed by atoms with Crippen LogP contribution in [0.4, 0.5) is 0 Å². The van der Waals surface area contributed by atoms with Gasteiger partial charge in [-0.25, -0.2) is 5.48 Å². The molecule has 0 aliphatic carbocycles. The first-order valence-corrected chi connectivity index (χ1v) is 12.7. The average Bonchev–Trinajstić information content (AvgIpc) is 2.93. The monoisotopic (exact) mass is 530 g/mol. The van der Waals surface area contributed by atoms with Gasteiger partial charge >= 0.3 is 0 Å². The standard InChI is InChI=1S/C8H8O.C7H12.C6H10N2O2.C5H14N2.C3H4.C2H6/c1-7-3-2-4-8(5-7)6-9;1-3-5-7-6-4-2;1-3-4-5(7-2)6(9)8-10;1-6-4-5-7(2)3;1-3-2;1-2/h2-6H,1H3;3,5-7H,4H2,1-2H3;3-4,10H,1-2H3,(H,8,9);6H,4-5H2,1-3H3;1H,2H3;1-2H3/b;5-3-,7-6-;4-3-,7-5?;;;. The average molecular weight is 531 g/mol. The number of amides is 1. The summed E-state index contributed by atoms with van der Waals surface area (Å²) in [5.74, 6) is 1.65. The smallest absolute Gasteiger partial charge is 0.292 e. The van der Waals surface area contributed by atoms with E-state index in [0.717, 1.165) is 36.9 Å². The predicted octanol–water partition coefficient (Wildman–Crippen LogP) is 5.91. The maximum atomic E-state index is 10.6. The zero-order chi connectivity index (χ0) is 30.6. The molecule has 0 unspecified atom stereocenters. The van der Waals surface area contributed by atoms with Gasteiger partial charge in [-0.15, -0.1) is 12.3 Å². The molecule has 3 N–H and O–H groups in total. The molecule has 1 amide bonds. The summed E-state index contributed by atoms with van der Waals surface area (Å²) >= 11 is 0. The number of aldehydes is 1. The molecule has 0 saturated carbocycles. The second-order valence-electron chi connectivity index (χ2n) is 7.14. The quantitative estimate of drug-likeness (QED) is 0.0970. The Bertz CT molecular complexity index is 806. The molecule has 0 bridgehead atoms. The number of likely N-dealkylation sites (N-methyl/N-ethyl adjacent to an activating group) is 2. The summed E-state index contributed by atoms with van der Waals surface area (Å²) in [4.78, 5) is 26.5. The van der Waals surface area contributed by atoms with E-state index in [-0.39, 0.29) is 5.71 Å². The molecule has 0 spiro atoms.